The highest BCUT2D eigenvalue weighted by atomic mass is 32.2. The molecule has 104 valence electrons. The molecule has 0 radical (unpaired) electrons. The Morgan fingerprint density at radius 2 is 2.25 bits per heavy atom. The number of rotatable bonds is 3. The molecule has 0 amide bonds. The summed E-state index contributed by atoms with van der Waals surface area (Å²) in [5, 5.41) is 0.698. The number of hydrogen-bond acceptors (Lipinski definition) is 4. The van der Waals surface area contributed by atoms with Gasteiger partial charge < -0.3 is 4.74 Å². The van der Waals surface area contributed by atoms with E-state index in [9.17, 15) is 4.79 Å². The summed E-state index contributed by atoms with van der Waals surface area (Å²) in [5.74, 6) is -0.134. The molecule has 0 spiro atoms. The van der Waals surface area contributed by atoms with Crippen LogP contribution in [0, 0.1) is 13.8 Å². The van der Waals surface area contributed by atoms with Gasteiger partial charge in [-0.2, -0.15) is 0 Å². The molecule has 0 aliphatic carbocycles. The minimum absolute atomic E-state index is 0.134. The predicted octanol–water partition coefficient (Wildman–Crippen LogP) is 2.90. The Kier molecular flexibility index (Phi) is 3.53. The van der Waals surface area contributed by atoms with E-state index in [1.807, 2.05) is 16.8 Å². The fourth-order valence-electron chi connectivity index (χ4n) is 2.27. The van der Waals surface area contributed by atoms with Crippen LogP contribution in [0.2, 0.25) is 0 Å². The Labute approximate surface area is 122 Å². The number of hydrogen-bond donors (Lipinski definition) is 0. The van der Waals surface area contributed by atoms with Crippen LogP contribution in [0.25, 0.3) is 5.69 Å². The molecule has 1 saturated heterocycles. The maximum Gasteiger partial charge on any atom is 0.319 e. The van der Waals surface area contributed by atoms with Crippen molar-refractivity contribution in [3.05, 3.63) is 41.7 Å². The Balaban J connectivity index is 1.94. The van der Waals surface area contributed by atoms with Gasteiger partial charge in [-0.25, -0.2) is 4.98 Å². The van der Waals surface area contributed by atoms with Crippen molar-refractivity contribution < 1.29 is 9.53 Å². The van der Waals surface area contributed by atoms with E-state index in [1.54, 1.807) is 6.20 Å². The minimum Gasteiger partial charge on any atom is -0.465 e. The fourth-order valence-corrected chi connectivity index (χ4v) is 3.30. The van der Waals surface area contributed by atoms with E-state index in [0.29, 0.717) is 6.61 Å². The third-order valence-corrected chi connectivity index (χ3v) is 4.80. The maximum atomic E-state index is 11.6. The molecule has 4 nitrogen and oxygen atoms in total. The zero-order valence-corrected chi connectivity index (χ0v) is 12.3. The number of thioether (sulfide) groups is 1. The highest BCUT2D eigenvalue weighted by Gasteiger charge is 2.29. The molecule has 0 N–H and O–H groups in total. The average molecular weight is 288 g/mol. The third kappa shape index (κ3) is 2.33. The molecule has 1 atom stereocenters. The van der Waals surface area contributed by atoms with Crippen LogP contribution < -0.4 is 0 Å². The van der Waals surface area contributed by atoms with Crippen LogP contribution >= 0.6 is 11.8 Å². The molecule has 2 heterocycles. The molecule has 2 aromatic rings. The predicted molar refractivity (Wildman–Crippen MR) is 78.3 cm³/mol. The molecular formula is C15H16N2O2S. The first-order valence-corrected chi connectivity index (χ1v) is 7.48. The third-order valence-electron chi connectivity index (χ3n) is 3.58. The van der Waals surface area contributed by atoms with Crippen molar-refractivity contribution >= 4 is 17.7 Å². The number of nitrogens with zero attached hydrogens (tertiary/aromatic N) is 2. The lowest BCUT2D eigenvalue weighted by atomic mass is 10.1. The first-order valence-electron chi connectivity index (χ1n) is 6.60. The van der Waals surface area contributed by atoms with E-state index in [-0.39, 0.29) is 11.2 Å². The monoisotopic (exact) mass is 288 g/mol. The summed E-state index contributed by atoms with van der Waals surface area (Å²) in [6, 6.07) is 6.20. The second-order valence-electron chi connectivity index (χ2n) is 4.86. The topological polar surface area (TPSA) is 44.1 Å². The average Bonchev–Trinajstić information content (AvgIpc) is 3.04. The molecule has 5 heteroatoms. The summed E-state index contributed by atoms with van der Waals surface area (Å²) in [6.07, 6.45) is 4.46. The number of ether oxygens (including phenoxy) is 1. The first-order chi connectivity index (χ1) is 9.66. The van der Waals surface area contributed by atoms with Crippen LogP contribution in [0.1, 0.15) is 17.5 Å². The van der Waals surface area contributed by atoms with Crippen LogP contribution in [-0.4, -0.2) is 27.4 Å². The fraction of sp³-hybridized carbons (Fsp3) is 0.333. The van der Waals surface area contributed by atoms with Crippen LogP contribution in [-0.2, 0) is 9.53 Å². The van der Waals surface area contributed by atoms with Crippen LogP contribution in [0.3, 0.4) is 0 Å². The number of benzene rings is 1. The smallest absolute Gasteiger partial charge is 0.319 e. The molecule has 1 aliphatic rings. The molecule has 0 bridgehead atoms. The van der Waals surface area contributed by atoms with E-state index in [2.05, 4.69) is 31.0 Å². The van der Waals surface area contributed by atoms with E-state index in [0.717, 1.165) is 17.3 Å². The number of aromatic nitrogens is 2. The maximum absolute atomic E-state index is 11.6. The highest BCUT2D eigenvalue weighted by Crippen LogP contribution is 2.31. The van der Waals surface area contributed by atoms with Gasteiger partial charge in [0.25, 0.3) is 0 Å². The van der Waals surface area contributed by atoms with Crippen LogP contribution in [0.15, 0.2) is 35.7 Å². The molecule has 1 unspecified atom stereocenters. The van der Waals surface area contributed by atoms with Crippen molar-refractivity contribution in [3.63, 3.8) is 0 Å². The summed E-state index contributed by atoms with van der Waals surface area (Å²) >= 11 is 1.48. The lowest BCUT2D eigenvalue weighted by Crippen LogP contribution is -2.11. The molecule has 0 saturated carbocycles. The van der Waals surface area contributed by atoms with E-state index < -0.39 is 0 Å². The number of esters is 1. The molecule has 3 rings (SSSR count). The normalized spacial score (nSPS) is 18.3. The van der Waals surface area contributed by atoms with Gasteiger partial charge in [0.1, 0.15) is 5.25 Å². The Bertz CT molecular complexity index is 651. The van der Waals surface area contributed by atoms with Crippen LogP contribution in [0.5, 0.6) is 0 Å². The van der Waals surface area contributed by atoms with Crippen molar-refractivity contribution in [2.45, 2.75) is 30.7 Å². The Morgan fingerprint density at radius 3 is 3.00 bits per heavy atom. The van der Waals surface area contributed by atoms with Crippen molar-refractivity contribution in [1.82, 2.24) is 9.55 Å². The van der Waals surface area contributed by atoms with E-state index in [1.165, 1.54) is 22.9 Å². The quantitative estimate of drug-likeness (QED) is 0.815. The zero-order chi connectivity index (χ0) is 14.1. The van der Waals surface area contributed by atoms with Gasteiger partial charge in [-0.15, -0.1) is 0 Å². The first kappa shape index (κ1) is 13.2. The van der Waals surface area contributed by atoms with Crippen LogP contribution in [0.4, 0.5) is 0 Å². The van der Waals surface area contributed by atoms with Crippen molar-refractivity contribution in [2.24, 2.45) is 0 Å². The van der Waals surface area contributed by atoms with Gasteiger partial charge in [-0.05, 0) is 31.0 Å². The summed E-state index contributed by atoms with van der Waals surface area (Å²) in [6.45, 7) is 4.71. The van der Waals surface area contributed by atoms with Gasteiger partial charge in [0.05, 0.1) is 12.3 Å². The largest absolute Gasteiger partial charge is 0.465 e. The van der Waals surface area contributed by atoms with Crippen molar-refractivity contribution in [2.75, 3.05) is 6.61 Å². The standard InChI is InChI=1S/C15H16N2O2S/c1-10-4-3-5-12(11(10)2)17-8-7-16-15(17)20-13-6-9-19-14(13)18/h3-5,7-8,13H,6,9H2,1-2H3. The van der Waals surface area contributed by atoms with E-state index in [4.69, 9.17) is 4.74 Å². The summed E-state index contributed by atoms with van der Waals surface area (Å²) in [4.78, 5) is 16.0. The molecule has 1 aromatic heterocycles. The SMILES string of the molecule is Cc1cccc(-n2ccnc2SC2CCOC2=O)c1C. The summed E-state index contributed by atoms with van der Waals surface area (Å²) in [5.41, 5.74) is 3.57. The molecule has 1 aliphatic heterocycles. The number of imidazole rings is 1. The minimum atomic E-state index is -0.138. The van der Waals surface area contributed by atoms with Gasteiger partial charge in [-0.1, -0.05) is 23.9 Å². The summed E-state index contributed by atoms with van der Waals surface area (Å²) in [7, 11) is 0. The van der Waals surface area contributed by atoms with Gasteiger partial charge in [0, 0.05) is 18.8 Å². The lowest BCUT2D eigenvalue weighted by molar-refractivity contribution is -0.137. The van der Waals surface area contributed by atoms with Gasteiger partial charge in [0.15, 0.2) is 5.16 Å². The second kappa shape index (κ2) is 5.32. The Morgan fingerprint density at radius 1 is 1.40 bits per heavy atom. The highest BCUT2D eigenvalue weighted by molar-refractivity contribution is 8.00. The molecule has 1 fully saturated rings. The molecular weight excluding hydrogens is 272 g/mol. The lowest BCUT2D eigenvalue weighted by Gasteiger charge is -2.13. The number of carbonyl (C=O) groups is 1. The van der Waals surface area contributed by atoms with Crippen molar-refractivity contribution in [3.8, 4) is 5.69 Å². The van der Waals surface area contributed by atoms with Gasteiger partial charge in [0.2, 0.25) is 0 Å². The molecule has 1 aromatic carbocycles. The van der Waals surface area contributed by atoms with Crippen molar-refractivity contribution in [1.29, 1.82) is 0 Å². The Hall–Kier alpha value is -1.75. The number of carbonyl (C=O) groups excluding carboxylic acids is 1. The van der Waals surface area contributed by atoms with Gasteiger partial charge in [-0.3, -0.25) is 9.36 Å². The number of aryl methyl sites for hydroxylation is 1. The molecule has 20 heavy (non-hydrogen) atoms. The second-order valence-corrected chi connectivity index (χ2v) is 6.03. The van der Waals surface area contributed by atoms with Gasteiger partial charge >= 0.3 is 5.97 Å². The number of cyclic esters (lactones) is 1. The zero-order valence-electron chi connectivity index (χ0n) is 11.5. The van der Waals surface area contributed by atoms with E-state index >= 15 is 0 Å². The summed E-state index contributed by atoms with van der Waals surface area (Å²) < 4.78 is 7.05.